The van der Waals surface area contributed by atoms with Crippen molar-refractivity contribution in [2.75, 3.05) is 0 Å². The van der Waals surface area contributed by atoms with Crippen LogP contribution in [0.1, 0.15) is 11.5 Å². The van der Waals surface area contributed by atoms with Crippen LogP contribution < -0.4 is 9.75 Å². The molecule has 0 N–H and O–H groups in total. The van der Waals surface area contributed by atoms with Crippen molar-refractivity contribution in [2.45, 2.75) is 16.1 Å². The molecule has 244 valence electrons. The van der Waals surface area contributed by atoms with Crippen LogP contribution in [0.3, 0.4) is 0 Å². The second-order valence-corrected chi connectivity index (χ2v) is 18.5. The molecule has 7 aromatic carbocycles. The number of fused-ring (bicyclic) bond motifs is 12. The minimum absolute atomic E-state index is 0.372. The second-order valence-electron chi connectivity index (χ2n) is 14.0. The molecule has 2 unspecified atom stereocenters. The van der Waals surface area contributed by atoms with E-state index in [9.17, 15) is 0 Å². The zero-order valence-corrected chi connectivity index (χ0v) is 31.1. The summed E-state index contributed by atoms with van der Waals surface area (Å²) < 4.78 is 8.22. The monoisotopic (exact) mass is 732 g/mol. The van der Waals surface area contributed by atoms with Gasteiger partial charge in [0.15, 0.2) is 0 Å². The molecule has 2 atom stereocenters. The van der Waals surface area contributed by atoms with E-state index in [-0.39, 0.29) is 0 Å². The van der Waals surface area contributed by atoms with Crippen molar-refractivity contribution in [2.24, 2.45) is 0 Å². The molecule has 0 saturated carbocycles. The zero-order valence-electron chi connectivity index (χ0n) is 27.8. The maximum Gasteiger partial charge on any atom is 0.0395 e. The van der Waals surface area contributed by atoms with Crippen molar-refractivity contribution >= 4 is 108 Å². The van der Waals surface area contributed by atoms with Crippen molar-refractivity contribution in [1.82, 2.24) is 0 Å². The van der Waals surface area contributed by atoms with Crippen molar-refractivity contribution in [1.29, 1.82) is 0 Å². The minimum atomic E-state index is 0.372. The average Bonchev–Trinajstić information content (AvgIpc) is 3.95. The van der Waals surface area contributed by atoms with E-state index < -0.39 is 0 Å². The van der Waals surface area contributed by atoms with Gasteiger partial charge in [-0.05, 0) is 105 Å². The van der Waals surface area contributed by atoms with Gasteiger partial charge in [0.1, 0.15) is 0 Å². The predicted octanol–water partition coefficient (Wildman–Crippen LogP) is 13.5. The maximum atomic E-state index is 2.57. The highest BCUT2D eigenvalue weighted by molar-refractivity contribution is 8.00. The standard InChI is InChI=1S/C48H28S4/c1-3-7-27(8-4-1)29-11-15-41-33(19-29)37-23-39-35-21-31(13-17-43(35)51-47(39)25-45(37)49-41)32-14-18-44-36(22-32)40-24-38-34-20-30(28-9-5-2-6-10-28)12-16-42(34)50-46(38)26-48(40)52-44/h1-26,39,47H. The van der Waals surface area contributed by atoms with Gasteiger partial charge in [0, 0.05) is 71.0 Å². The van der Waals surface area contributed by atoms with E-state index in [0.29, 0.717) is 11.2 Å². The van der Waals surface area contributed by atoms with Crippen LogP contribution in [-0.2, 0) is 0 Å². The number of hydrogen-bond donors (Lipinski definition) is 0. The SMILES string of the molecule is C1=c2sc3ccc(-c4ccccc4)cc3c2=CC2c3cc(-c4ccc5sc6cc7sc8ccc(-c9ccccc9)cc8c7cc6c5c4)ccc3SC12. The van der Waals surface area contributed by atoms with Gasteiger partial charge in [-0.3, -0.25) is 0 Å². The van der Waals surface area contributed by atoms with Crippen molar-refractivity contribution in [3.63, 3.8) is 0 Å². The fourth-order valence-electron chi connectivity index (χ4n) is 8.42. The van der Waals surface area contributed by atoms with Crippen LogP contribution in [0.15, 0.2) is 150 Å². The van der Waals surface area contributed by atoms with Crippen molar-refractivity contribution in [3.05, 3.63) is 161 Å². The topological polar surface area (TPSA) is 0 Å². The molecule has 0 bridgehead atoms. The van der Waals surface area contributed by atoms with E-state index in [0.717, 1.165) is 0 Å². The van der Waals surface area contributed by atoms with Crippen molar-refractivity contribution < 1.29 is 0 Å². The first-order valence-corrected chi connectivity index (χ1v) is 21.0. The molecule has 1 aliphatic carbocycles. The fourth-order valence-corrected chi connectivity index (χ4v) is 13.3. The number of thiophene rings is 3. The quantitative estimate of drug-likeness (QED) is 0.174. The van der Waals surface area contributed by atoms with Crippen LogP contribution in [0.5, 0.6) is 0 Å². The summed E-state index contributed by atoms with van der Waals surface area (Å²) in [6.07, 6.45) is 5.11. The molecule has 2 aliphatic rings. The molecular weight excluding hydrogens is 705 g/mol. The lowest BCUT2D eigenvalue weighted by Crippen LogP contribution is -2.28. The molecule has 0 spiro atoms. The normalized spacial score (nSPS) is 16.3. The summed E-state index contributed by atoms with van der Waals surface area (Å²) in [5.41, 5.74) is 9.15. The Morgan fingerprint density at radius 1 is 0.365 bits per heavy atom. The maximum absolute atomic E-state index is 2.57. The molecule has 52 heavy (non-hydrogen) atoms. The molecule has 0 amide bonds. The molecular formula is C48H28S4. The number of rotatable bonds is 3. The van der Waals surface area contributed by atoms with Gasteiger partial charge >= 0.3 is 0 Å². The van der Waals surface area contributed by atoms with Gasteiger partial charge in [-0.25, -0.2) is 0 Å². The van der Waals surface area contributed by atoms with Crippen LogP contribution in [0.25, 0.3) is 96.0 Å². The van der Waals surface area contributed by atoms with Crippen LogP contribution >= 0.6 is 45.8 Å². The lowest BCUT2D eigenvalue weighted by molar-refractivity contribution is 0.951. The first-order chi connectivity index (χ1) is 25.7. The fraction of sp³-hybridized carbons (Fsp3) is 0.0417. The van der Waals surface area contributed by atoms with Gasteiger partial charge in [0.05, 0.1) is 0 Å². The van der Waals surface area contributed by atoms with E-state index in [1.807, 2.05) is 45.8 Å². The molecule has 0 fully saturated rings. The number of benzene rings is 7. The highest BCUT2D eigenvalue weighted by Gasteiger charge is 2.33. The number of thioether (sulfide) groups is 1. The van der Waals surface area contributed by atoms with E-state index in [1.54, 1.807) is 0 Å². The van der Waals surface area contributed by atoms with Crippen LogP contribution in [0.4, 0.5) is 0 Å². The molecule has 4 heteroatoms. The zero-order chi connectivity index (χ0) is 33.9. The molecule has 10 aromatic rings. The van der Waals surface area contributed by atoms with E-state index in [4.69, 9.17) is 0 Å². The van der Waals surface area contributed by atoms with Gasteiger partial charge in [-0.1, -0.05) is 97.1 Å². The third-order valence-electron chi connectivity index (χ3n) is 11.0. The Morgan fingerprint density at radius 3 is 1.52 bits per heavy atom. The first-order valence-electron chi connectivity index (χ1n) is 17.7. The molecule has 0 saturated heterocycles. The molecule has 3 aromatic heterocycles. The molecule has 12 rings (SSSR count). The average molecular weight is 733 g/mol. The summed E-state index contributed by atoms with van der Waals surface area (Å²) in [4.78, 5) is 1.42. The van der Waals surface area contributed by atoms with Gasteiger partial charge in [0.25, 0.3) is 0 Å². The van der Waals surface area contributed by atoms with Gasteiger partial charge < -0.3 is 0 Å². The third-order valence-corrected chi connectivity index (χ3v) is 15.8. The summed E-state index contributed by atoms with van der Waals surface area (Å²) in [7, 11) is 0. The Balaban J connectivity index is 0.956. The van der Waals surface area contributed by atoms with Gasteiger partial charge in [-0.15, -0.1) is 45.8 Å². The van der Waals surface area contributed by atoms with Gasteiger partial charge in [-0.2, -0.15) is 0 Å². The minimum Gasteiger partial charge on any atom is -0.135 e. The Morgan fingerprint density at radius 2 is 0.885 bits per heavy atom. The summed E-state index contributed by atoms with van der Waals surface area (Å²) in [5, 5.41) is 8.65. The molecule has 0 radical (unpaired) electrons. The summed E-state index contributed by atoms with van der Waals surface area (Å²) in [6, 6.07) is 54.6. The lowest BCUT2D eigenvalue weighted by Gasteiger charge is -2.15. The highest BCUT2D eigenvalue weighted by atomic mass is 32.2. The Labute approximate surface area is 316 Å². The molecule has 0 nitrogen and oxygen atoms in total. The highest BCUT2D eigenvalue weighted by Crippen LogP contribution is 2.50. The Bertz CT molecular complexity index is 3220. The molecule has 1 aliphatic heterocycles. The molecule has 4 heterocycles. The Kier molecular flexibility index (Phi) is 6.41. The van der Waals surface area contributed by atoms with E-state index >= 15 is 0 Å². The lowest BCUT2D eigenvalue weighted by atomic mass is 9.89. The van der Waals surface area contributed by atoms with E-state index in [2.05, 4.69) is 158 Å². The third kappa shape index (κ3) is 4.52. The second kappa shape index (κ2) is 11.3. The van der Waals surface area contributed by atoms with Gasteiger partial charge in [0.2, 0.25) is 0 Å². The van der Waals surface area contributed by atoms with E-state index in [1.165, 1.54) is 104 Å². The largest absolute Gasteiger partial charge is 0.135 e. The number of hydrogen-bond acceptors (Lipinski definition) is 4. The smallest absolute Gasteiger partial charge is 0.0395 e. The summed E-state index contributed by atoms with van der Waals surface area (Å²) in [5.74, 6) is 0.372. The summed E-state index contributed by atoms with van der Waals surface area (Å²) in [6.45, 7) is 0. The van der Waals surface area contributed by atoms with Crippen LogP contribution in [0, 0.1) is 0 Å². The van der Waals surface area contributed by atoms with Crippen LogP contribution in [0.2, 0.25) is 0 Å². The van der Waals surface area contributed by atoms with Crippen LogP contribution in [-0.4, -0.2) is 5.25 Å². The first kappa shape index (κ1) is 29.6. The Hall–Kier alpha value is -4.97. The van der Waals surface area contributed by atoms with Crippen molar-refractivity contribution in [3.8, 4) is 33.4 Å². The summed E-state index contributed by atoms with van der Waals surface area (Å²) >= 11 is 7.79. The predicted molar refractivity (Wildman–Crippen MR) is 231 cm³/mol.